The van der Waals surface area contributed by atoms with E-state index in [0.717, 1.165) is 103 Å². The molecule has 0 saturated carbocycles. The number of phosphoric ester groups is 1. The van der Waals surface area contributed by atoms with Crippen molar-refractivity contribution in [1.29, 1.82) is 0 Å². The van der Waals surface area contributed by atoms with E-state index in [4.69, 9.17) is 13.8 Å². The number of likely N-dealkylation sites (N-methyl/N-ethyl adjacent to an activating group) is 1. The van der Waals surface area contributed by atoms with Gasteiger partial charge in [-0.1, -0.05) is 247 Å². The molecule has 456 valence electrons. The summed E-state index contributed by atoms with van der Waals surface area (Å²) in [5, 5.41) is 3.05. The molecule has 2 N–H and O–H groups in total. The molecule has 0 fully saturated rings. The van der Waals surface area contributed by atoms with Gasteiger partial charge in [-0.15, -0.1) is 0 Å². The molecule has 1 amide bonds. The number of allylic oxidation sites excluding steroid dienone is 15. The van der Waals surface area contributed by atoms with Crippen LogP contribution < -0.4 is 5.32 Å². The number of quaternary nitrogens is 1. The Balaban J connectivity index is 5.21. The average Bonchev–Trinajstić information content (AvgIpc) is 3.41. The molecule has 0 radical (unpaired) electrons. The van der Waals surface area contributed by atoms with Gasteiger partial charge in [0.2, 0.25) is 5.91 Å². The number of hydrogen-bond acceptors (Lipinski definition) is 6. The van der Waals surface area contributed by atoms with Crippen molar-refractivity contribution in [3.05, 3.63) is 97.2 Å². The number of hydrogen-bond donors (Lipinski definition) is 2. The largest absolute Gasteiger partial charge is 0.472 e. The van der Waals surface area contributed by atoms with Crippen molar-refractivity contribution in [2.75, 3.05) is 40.9 Å². The number of phosphoric acid groups is 1. The van der Waals surface area contributed by atoms with E-state index in [9.17, 15) is 19.0 Å². The van der Waals surface area contributed by atoms with E-state index in [2.05, 4.69) is 111 Å². The predicted molar refractivity (Wildman–Crippen MR) is 341 cm³/mol. The third-order valence-electron chi connectivity index (χ3n) is 14.0. The third kappa shape index (κ3) is 59.4. The molecule has 0 saturated heterocycles. The SMILES string of the molecule is CCCCC/C=C\C/C=C\C/C=C\C/C=C\CCCCCC(=O)OC(/C=C\CCCCCCCCCCC)C(COP(=O)(O)OCC[N+](C)(C)C)NC(=O)CCCCCCCCCCCC/C=C\C/C=C\C/C=C\CCCCC. The van der Waals surface area contributed by atoms with Gasteiger partial charge in [0.15, 0.2) is 0 Å². The average molecular weight is 1120 g/mol. The van der Waals surface area contributed by atoms with E-state index >= 15 is 0 Å². The number of carbonyl (C=O) groups excluding carboxylic acids is 2. The lowest BCUT2D eigenvalue weighted by molar-refractivity contribution is -0.870. The van der Waals surface area contributed by atoms with E-state index in [0.29, 0.717) is 23.9 Å². The van der Waals surface area contributed by atoms with Gasteiger partial charge in [-0.05, 0) is 115 Å². The van der Waals surface area contributed by atoms with Crippen molar-refractivity contribution >= 4 is 19.7 Å². The maximum atomic E-state index is 13.6. The summed E-state index contributed by atoms with van der Waals surface area (Å²) >= 11 is 0. The second-order valence-corrected chi connectivity index (χ2v) is 24.4. The molecule has 0 aromatic heterocycles. The van der Waals surface area contributed by atoms with Crippen LogP contribution in [0.4, 0.5) is 0 Å². The second-order valence-electron chi connectivity index (χ2n) is 22.9. The topological polar surface area (TPSA) is 111 Å². The van der Waals surface area contributed by atoms with Crippen LogP contribution in [0.25, 0.3) is 0 Å². The Bertz CT molecular complexity index is 1670. The Hall–Kier alpha value is -3.07. The second kappa shape index (κ2) is 58.1. The Morgan fingerprint density at radius 3 is 1.19 bits per heavy atom. The van der Waals surface area contributed by atoms with Crippen LogP contribution in [-0.4, -0.2) is 74.3 Å². The van der Waals surface area contributed by atoms with E-state index in [1.807, 2.05) is 33.3 Å². The molecule has 0 spiro atoms. The quantitative estimate of drug-likeness (QED) is 0.0205. The molecule has 10 heteroatoms. The van der Waals surface area contributed by atoms with Gasteiger partial charge >= 0.3 is 13.8 Å². The lowest BCUT2D eigenvalue weighted by atomic mass is 10.0. The number of unbranched alkanes of at least 4 members (excludes halogenated alkanes) is 28. The normalized spacial score (nSPS) is 14.3. The zero-order chi connectivity index (χ0) is 57.9. The first-order chi connectivity index (χ1) is 38.4. The molecule has 3 unspecified atom stereocenters. The van der Waals surface area contributed by atoms with Gasteiger partial charge < -0.3 is 19.4 Å². The molecule has 0 aliphatic carbocycles. The highest BCUT2D eigenvalue weighted by Gasteiger charge is 2.30. The summed E-state index contributed by atoms with van der Waals surface area (Å²) < 4.78 is 30.7. The molecule has 9 nitrogen and oxygen atoms in total. The summed E-state index contributed by atoms with van der Waals surface area (Å²) in [5.74, 6) is -0.547. The first-order valence-electron chi connectivity index (χ1n) is 32.6. The summed E-state index contributed by atoms with van der Waals surface area (Å²) in [6.45, 7) is 6.93. The highest BCUT2D eigenvalue weighted by molar-refractivity contribution is 7.47. The summed E-state index contributed by atoms with van der Waals surface area (Å²) in [4.78, 5) is 37.7. The number of carbonyl (C=O) groups is 2. The van der Waals surface area contributed by atoms with E-state index in [1.54, 1.807) is 0 Å². The van der Waals surface area contributed by atoms with Gasteiger partial charge in [0.05, 0.1) is 33.8 Å². The standard InChI is InChI=1S/C69H123N2O7P/c1-7-10-13-16-19-22-25-27-29-31-33-34-35-36-38-39-41-43-46-49-52-55-58-61-68(72)70-66(65-77-79(74,75)76-64-63-71(4,5)6)67(60-57-54-51-48-45-24-21-18-15-12-9-3)78-69(73)62-59-56-53-50-47-44-42-40-37-32-30-28-26-23-20-17-14-11-8-2/h19-20,22-23,27-30,33-34,37,40,44,47,57,60,66-67H,7-18,21,24-26,31-32,35-36,38-39,41-43,45-46,48-56,58-59,61-65H2,1-6H3,(H-,70,72,74,75)/p+1/b22-19-,23-20-,29-27-,30-28-,34-33-,40-37-,47-44-,60-57-. The van der Waals surface area contributed by atoms with Crippen LogP contribution in [-0.2, 0) is 27.9 Å². The van der Waals surface area contributed by atoms with E-state index in [-0.39, 0.29) is 31.5 Å². The Kier molecular flexibility index (Phi) is 55.9. The van der Waals surface area contributed by atoms with Crippen LogP contribution in [0.2, 0.25) is 0 Å². The van der Waals surface area contributed by atoms with Crippen molar-refractivity contribution in [3.8, 4) is 0 Å². The Labute approximate surface area is 488 Å². The van der Waals surface area contributed by atoms with Gasteiger partial charge in [-0.3, -0.25) is 18.6 Å². The van der Waals surface area contributed by atoms with Crippen molar-refractivity contribution in [1.82, 2.24) is 5.32 Å². The molecule has 0 aliphatic heterocycles. The molecule has 3 atom stereocenters. The summed E-state index contributed by atoms with van der Waals surface area (Å²) in [6.07, 6.45) is 78.3. The van der Waals surface area contributed by atoms with Gasteiger partial charge in [0.25, 0.3) is 0 Å². The van der Waals surface area contributed by atoms with Crippen LogP contribution >= 0.6 is 7.82 Å². The number of nitrogens with zero attached hydrogens (tertiary/aromatic N) is 1. The number of nitrogens with one attached hydrogen (secondary N) is 1. The van der Waals surface area contributed by atoms with Crippen molar-refractivity contribution in [2.24, 2.45) is 0 Å². The van der Waals surface area contributed by atoms with Crippen molar-refractivity contribution < 1.29 is 37.3 Å². The molecule has 0 aromatic rings. The highest BCUT2D eigenvalue weighted by Crippen LogP contribution is 2.43. The zero-order valence-electron chi connectivity index (χ0n) is 52.1. The predicted octanol–water partition coefficient (Wildman–Crippen LogP) is 20.3. The fourth-order valence-electron chi connectivity index (χ4n) is 8.93. The minimum atomic E-state index is -4.46. The maximum absolute atomic E-state index is 13.6. The Morgan fingerprint density at radius 1 is 0.443 bits per heavy atom. The molecule has 79 heavy (non-hydrogen) atoms. The number of ether oxygens (including phenoxy) is 1. The molecule has 0 heterocycles. The summed E-state index contributed by atoms with van der Waals surface area (Å²) in [7, 11) is 1.47. The summed E-state index contributed by atoms with van der Waals surface area (Å²) in [6, 6.07) is -0.869. The number of amides is 1. The lowest BCUT2D eigenvalue weighted by Crippen LogP contribution is -2.47. The fraction of sp³-hybridized carbons (Fsp3) is 0.739. The van der Waals surface area contributed by atoms with Crippen molar-refractivity contribution in [2.45, 2.75) is 290 Å². The molecular weight excluding hydrogens is 1000 g/mol. The molecule has 0 aliphatic rings. The zero-order valence-corrected chi connectivity index (χ0v) is 53.0. The Morgan fingerprint density at radius 2 is 0.772 bits per heavy atom. The van der Waals surface area contributed by atoms with Gasteiger partial charge in [-0.25, -0.2) is 4.57 Å². The molecule has 0 aromatic carbocycles. The highest BCUT2D eigenvalue weighted by atomic mass is 31.2. The lowest BCUT2D eigenvalue weighted by Gasteiger charge is -2.27. The van der Waals surface area contributed by atoms with Crippen LogP contribution in [0, 0.1) is 0 Å². The molecule has 0 rings (SSSR count). The van der Waals surface area contributed by atoms with E-state index < -0.39 is 20.0 Å². The van der Waals surface area contributed by atoms with Gasteiger partial charge in [-0.2, -0.15) is 0 Å². The number of rotatable bonds is 58. The smallest absolute Gasteiger partial charge is 0.456 e. The first-order valence-corrected chi connectivity index (χ1v) is 34.1. The molecular formula is C69H124N2O7P+. The molecule has 0 bridgehead atoms. The van der Waals surface area contributed by atoms with Gasteiger partial charge in [0, 0.05) is 12.8 Å². The third-order valence-corrected chi connectivity index (χ3v) is 15.0. The monoisotopic (exact) mass is 1120 g/mol. The number of esters is 1. The fourth-order valence-corrected chi connectivity index (χ4v) is 9.67. The van der Waals surface area contributed by atoms with Crippen molar-refractivity contribution in [3.63, 3.8) is 0 Å². The van der Waals surface area contributed by atoms with Crippen LogP contribution in [0.3, 0.4) is 0 Å². The first kappa shape index (κ1) is 75.9. The maximum Gasteiger partial charge on any atom is 0.472 e. The summed E-state index contributed by atoms with van der Waals surface area (Å²) in [5.41, 5.74) is 0. The van der Waals surface area contributed by atoms with Crippen LogP contribution in [0.15, 0.2) is 97.2 Å². The minimum Gasteiger partial charge on any atom is -0.456 e. The van der Waals surface area contributed by atoms with Crippen LogP contribution in [0.1, 0.15) is 278 Å². The van der Waals surface area contributed by atoms with Gasteiger partial charge in [0.1, 0.15) is 19.3 Å². The van der Waals surface area contributed by atoms with Crippen LogP contribution in [0.5, 0.6) is 0 Å². The van der Waals surface area contributed by atoms with E-state index in [1.165, 1.54) is 135 Å². The minimum absolute atomic E-state index is 0.0299.